The quantitative estimate of drug-likeness (QED) is 0.680. The summed E-state index contributed by atoms with van der Waals surface area (Å²) in [5.74, 6) is -0.906. The van der Waals surface area contributed by atoms with E-state index in [1.54, 1.807) is 0 Å². The highest BCUT2D eigenvalue weighted by atomic mass is 19.1. The first-order valence-electron chi connectivity index (χ1n) is 11.7. The second-order valence-corrected chi connectivity index (χ2v) is 9.60. The molecule has 0 spiro atoms. The van der Waals surface area contributed by atoms with E-state index in [1.807, 2.05) is 20.8 Å². The zero-order valence-electron chi connectivity index (χ0n) is 19.7. The summed E-state index contributed by atoms with van der Waals surface area (Å²) in [4.78, 5) is 26.8. The molecule has 4 rings (SSSR count). The molecule has 1 aliphatic carbocycles. The van der Waals surface area contributed by atoms with Gasteiger partial charge in [0, 0.05) is 24.7 Å². The van der Waals surface area contributed by atoms with Crippen LogP contribution in [0.5, 0.6) is 0 Å². The largest absolute Gasteiger partial charge is 0.355 e. The van der Waals surface area contributed by atoms with Crippen LogP contribution in [0, 0.1) is 23.5 Å². The summed E-state index contributed by atoms with van der Waals surface area (Å²) in [6.07, 6.45) is 6.46. The van der Waals surface area contributed by atoms with Crippen LogP contribution in [0.1, 0.15) is 70.3 Å². The fourth-order valence-corrected chi connectivity index (χ4v) is 4.32. The maximum Gasteiger partial charge on any atom is 0.276 e. The van der Waals surface area contributed by atoms with Crippen LogP contribution in [0.15, 0.2) is 28.8 Å². The summed E-state index contributed by atoms with van der Waals surface area (Å²) in [5.41, 5.74) is -0.0178. The van der Waals surface area contributed by atoms with Crippen LogP contribution in [0.3, 0.4) is 0 Å². The topological polar surface area (TPSA) is 75.4 Å². The molecule has 1 aromatic carbocycles. The van der Waals surface area contributed by atoms with Gasteiger partial charge in [0.15, 0.2) is 11.5 Å². The van der Waals surface area contributed by atoms with Crippen molar-refractivity contribution in [1.29, 1.82) is 0 Å². The molecule has 2 aliphatic rings. The van der Waals surface area contributed by atoms with Crippen LogP contribution in [-0.4, -0.2) is 40.5 Å². The SMILES string of the molecule is CC(C)CC1C(=O)NC(C)CN1C(=O)c1cc(-c2ccc(F)cc2F)on1.CC1CCCC1. The fourth-order valence-electron chi connectivity index (χ4n) is 4.32. The molecule has 2 unspecified atom stereocenters. The summed E-state index contributed by atoms with van der Waals surface area (Å²) >= 11 is 0. The maximum absolute atomic E-state index is 13.9. The molecule has 1 aromatic heterocycles. The smallest absolute Gasteiger partial charge is 0.276 e. The van der Waals surface area contributed by atoms with Crippen molar-refractivity contribution in [3.05, 3.63) is 41.6 Å². The number of rotatable bonds is 4. The van der Waals surface area contributed by atoms with Gasteiger partial charge < -0.3 is 14.7 Å². The standard InChI is InChI=1S/C19H21F2N3O3.C6H12/c1-10(2)6-16-18(25)22-11(3)9-24(16)19(26)15-8-17(27-23-15)13-5-4-12(20)7-14(13)21;1-6-4-2-3-5-6/h4-5,7-8,10-11,16H,6,9H2,1-3H3,(H,22,25);6H,2-5H2,1H3. The Morgan fingerprint density at radius 2 is 1.91 bits per heavy atom. The molecule has 1 N–H and O–H groups in total. The molecule has 8 heteroatoms. The van der Waals surface area contributed by atoms with E-state index in [1.165, 1.54) is 42.7 Å². The molecule has 2 atom stereocenters. The van der Waals surface area contributed by atoms with E-state index >= 15 is 0 Å². The van der Waals surface area contributed by atoms with Gasteiger partial charge in [-0.25, -0.2) is 8.78 Å². The zero-order chi connectivity index (χ0) is 24.1. The normalized spacial score (nSPS) is 21.1. The summed E-state index contributed by atoms with van der Waals surface area (Å²) in [5, 5.41) is 6.59. The van der Waals surface area contributed by atoms with Crippen LogP contribution >= 0.6 is 0 Å². The minimum Gasteiger partial charge on any atom is -0.355 e. The molecule has 1 saturated carbocycles. The first kappa shape index (κ1) is 24.9. The Morgan fingerprint density at radius 1 is 1.21 bits per heavy atom. The zero-order valence-corrected chi connectivity index (χ0v) is 19.7. The minimum atomic E-state index is -0.811. The molecular weight excluding hydrogens is 428 g/mol. The van der Waals surface area contributed by atoms with Gasteiger partial charge in [0.05, 0.1) is 5.56 Å². The number of piperazine rings is 1. The Kier molecular flexibility index (Phi) is 8.21. The van der Waals surface area contributed by atoms with Crippen LogP contribution < -0.4 is 5.32 Å². The Morgan fingerprint density at radius 3 is 2.48 bits per heavy atom. The molecule has 6 nitrogen and oxygen atoms in total. The van der Waals surface area contributed by atoms with Gasteiger partial charge in [-0.05, 0) is 37.3 Å². The Hall–Kier alpha value is -2.77. The Balaban J connectivity index is 0.000000442. The third-order valence-electron chi connectivity index (χ3n) is 6.06. The maximum atomic E-state index is 13.9. The van der Waals surface area contributed by atoms with Crippen molar-refractivity contribution in [1.82, 2.24) is 15.4 Å². The van der Waals surface area contributed by atoms with Crippen molar-refractivity contribution in [2.45, 2.75) is 71.9 Å². The Bertz CT molecular complexity index is 970. The number of carbonyl (C=O) groups excluding carboxylic acids is 2. The lowest BCUT2D eigenvalue weighted by atomic mass is 9.98. The molecular formula is C25H33F2N3O3. The van der Waals surface area contributed by atoms with Crippen molar-refractivity contribution in [3.63, 3.8) is 0 Å². The van der Waals surface area contributed by atoms with Crippen molar-refractivity contribution >= 4 is 11.8 Å². The van der Waals surface area contributed by atoms with Gasteiger partial charge >= 0.3 is 0 Å². The second kappa shape index (κ2) is 10.9. The van der Waals surface area contributed by atoms with E-state index in [-0.39, 0.29) is 34.9 Å². The van der Waals surface area contributed by atoms with Crippen LogP contribution in [0.4, 0.5) is 8.78 Å². The fraction of sp³-hybridized carbons (Fsp3) is 0.560. The molecule has 180 valence electrons. The monoisotopic (exact) mass is 461 g/mol. The number of aromatic nitrogens is 1. The third-order valence-corrected chi connectivity index (χ3v) is 6.06. The van der Waals surface area contributed by atoms with Gasteiger partial charge in [-0.3, -0.25) is 9.59 Å². The van der Waals surface area contributed by atoms with Crippen LogP contribution in [-0.2, 0) is 4.79 Å². The number of nitrogens with one attached hydrogen (secondary N) is 1. The molecule has 2 fully saturated rings. The number of hydrogen-bond donors (Lipinski definition) is 1. The average Bonchev–Trinajstić information content (AvgIpc) is 3.41. The second-order valence-electron chi connectivity index (χ2n) is 9.60. The van der Waals surface area contributed by atoms with Crippen molar-refractivity contribution in [3.8, 4) is 11.3 Å². The Labute approximate surface area is 193 Å². The molecule has 2 aromatic rings. The minimum absolute atomic E-state index is 0.00596. The molecule has 2 amide bonds. The molecule has 0 bridgehead atoms. The predicted molar refractivity (Wildman–Crippen MR) is 121 cm³/mol. The highest BCUT2D eigenvalue weighted by Gasteiger charge is 2.37. The van der Waals surface area contributed by atoms with Gasteiger partial charge in [0.1, 0.15) is 17.7 Å². The van der Waals surface area contributed by atoms with E-state index < -0.39 is 23.6 Å². The van der Waals surface area contributed by atoms with E-state index in [0.717, 1.165) is 18.1 Å². The lowest BCUT2D eigenvalue weighted by Gasteiger charge is -2.38. The summed E-state index contributed by atoms with van der Waals surface area (Å²) in [7, 11) is 0. The van der Waals surface area contributed by atoms with E-state index in [4.69, 9.17) is 4.52 Å². The summed E-state index contributed by atoms with van der Waals surface area (Å²) in [6, 6.07) is 3.56. The number of carbonyl (C=O) groups is 2. The first-order valence-corrected chi connectivity index (χ1v) is 11.7. The predicted octanol–water partition coefficient (Wildman–Crippen LogP) is 5.19. The van der Waals surface area contributed by atoms with Gasteiger partial charge in [0.2, 0.25) is 5.91 Å². The van der Waals surface area contributed by atoms with E-state index in [2.05, 4.69) is 17.4 Å². The van der Waals surface area contributed by atoms with Crippen molar-refractivity contribution in [2.75, 3.05) is 6.54 Å². The van der Waals surface area contributed by atoms with Gasteiger partial charge in [0.25, 0.3) is 5.91 Å². The number of benzene rings is 1. The molecule has 0 radical (unpaired) electrons. The number of amides is 2. The highest BCUT2D eigenvalue weighted by molar-refractivity contribution is 5.97. The van der Waals surface area contributed by atoms with Crippen LogP contribution in [0.25, 0.3) is 11.3 Å². The summed E-state index contributed by atoms with van der Waals surface area (Å²) in [6.45, 7) is 8.44. The number of hydrogen-bond acceptors (Lipinski definition) is 4. The first-order chi connectivity index (χ1) is 15.7. The highest BCUT2D eigenvalue weighted by Crippen LogP contribution is 2.26. The lowest BCUT2D eigenvalue weighted by Crippen LogP contribution is -2.61. The molecule has 1 saturated heterocycles. The van der Waals surface area contributed by atoms with Crippen LogP contribution in [0.2, 0.25) is 0 Å². The molecule has 1 aliphatic heterocycles. The van der Waals surface area contributed by atoms with Gasteiger partial charge in [-0.1, -0.05) is 51.6 Å². The van der Waals surface area contributed by atoms with Crippen molar-refractivity contribution in [2.24, 2.45) is 11.8 Å². The number of nitrogens with zero attached hydrogens (tertiary/aromatic N) is 2. The van der Waals surface area contributed by atoms with E-state index in [0.29, 0.717) is 13.0 Å². The number of halogens is 2. The third kappa shape index (κ3) is 6.39. The van der Waals surface area contributed by atoms with Crippen molar-refractivity contribution < 1.29 is 22.9 Å². The summed E-state index contributed by atoms with van der Waals surface area (Å²) < 4.78 is 32.1. The van der Waals surface area contributed by atoms with E-state index in [9.17, 15) is 18.4 Å². The molecule has 33 heavy (non-hydrogen) atoms. The van der Waals surface area contributed by atoms with Gasteiger partial charge in [-0.15, -0.1) is 0 Å². The average molecular weight is 462 g/mol. The molecule has 2 heterocycles. The van der Waals surface area contributed by atoms with Gasteiger partial charge in [-0.2, -0.15) is 0 Å². The lowest BCUT2D eigenvalue weighted by molar-refractivity contribution is -0.129.